The third kappa shape index (κ3) is 3.30. The Bertz CT molecular complexity index is 652. The van der Waals surface area contributed by atoms with Gasteiger partial charge in [0.05, 0.1) is 18.0 Å². The van der Waals surface area contributed by atoms with E-state index in [9.17, 15) is 0 Å². The first-order valence-corrected chi connectivity index (χ1v) is 7.66. The SMILES string of the molecule is CSc1cccc(Oc2cnn(C(C)C)c2)c1/C(N)=N/O. The highest BCUT2D eigenvalue weighted by atomic mass is 32.2. The molecular formula is C14H18N4O2S. The fourth-order valence-electron chi connectivity index (χ4n) is 1.85. The maximum atomic E-state index is 8.96. The lowest BCUT2D eigenvalue weighted by Crippen LogP contribution is -2.15. The summed E-state index contributed by atoms with van der Waals surface area (Å²) in [7, 11) is 0. The molecule has 0 aliphatic rings. The molecule has 1 heterocycles. The molecule has 112 valence electrons. The van der Waals surface area contributed by atoms with Crippen molar-refractivity contribution in [2.45, 2.75) is 24.8 Å². The van der Waals surface area contributed by atoms with E-state index in [1.54, 1.807) is 16.9 Å². The number of hydrogen-bond acceptors (Lipinski definition) is 5. The van der Waals surface area contributed by atoms with Crippen LogP contribution in [0.1, 0.15) is 25.5 Å². The Morgan fingerprint density at radius 2 is 2.24 bits per heavy atom. The maximum absolute atomic E-state index is 8.96. The third-order valence-corrected chi connectivity index (χ3v) is 3.69. The van der Waals surface area contributed by atoms with E-state index in [-0.39, 0.29) is 11.9 Å². The van der Waals surface area contributed by atoms with Crippen molar-refractivity contribution in [2.75, 3.05) is 6.26 Å². The first-order valence-electron chi connectivity index (χ1n) is 6.43. The van der Waals surface area contributed by atoms with Crippen LogP contribution < -0.4 is 10.5 Å². The van der Waals surface area contributed by atoms with Crippen LogP contribution >= 0.6 is 11.8 Å². The Labute approximate surface area is 127 Å². The average Bonchev–Trinajstić information content (AvgIpc) is 2.95. The molecule has 0 amide bonds. The zero-order valence-electron chi connectivity index (χ0n) is 12.1. The molecule has 0 saturated carbocycles. The summed E-state index contributed by atoms with van der Waals surface area (Å²) in [6.07, 6.45) is 5.37. The molecule has 3 N–H and O–H groups in total. The van der Waals surface area contributed by atoms with Gasteiger partial charge in [0.15, 0.2) is 11.6 Å². The van der Waals surface area contributed by atoms with Crippen molar-refractivity contribution < 1.29 is 9.94 Å². The van der Waals surface area contributed by atoms with E-state index in [0.717, 1.165) is 4.90 Å². The lowest BCUT2D eigenvalue weighted by atomic mass is 10.2. The highest BCUT2D eigenvalue weighted by Gasteiger charge is 2.15. The summed E-state index contributed by atoms with van der Waals surface area (Å²) in [5, 5.41) is 16.3. The van der Waals surface area contributed by atoms with E-state index in [2.05, 4.69) is 10.3 Å². The fourth-order valence-corrected chi connectivity index (χ4v) is 2.48. The number of thioether (sulfide) groups is 1. The molecule has 21 heavy (non-hydrogen) atoms. The number of oxime groups is 1. The van der Waals surface area contributed by atoms with E-state index in [4.69, 9.17) is 15.7 Å². The lowest BCUT2D eigenvalue weighted by Gasteiger charge is -2.12. The van der Waals surface area contributed by atoms with Crippen LogP contribution in [0.4, 0.5) is 0 Å². The standard InChI is InChI=1S/C14H18N4O2S/c1-9(2)18-8-10(7-16-18)20-11-5-4-6-12(21-3)13(11)14(15)17-19/h4-9,19H,1-3H3,(H2,15,17). The topological polar surface area (TPSA) is 85.7 Å². The lowest BCUT2D eigenvalue weighted by molar-refractivity contribution is 0.318. The van der Waals surface area contributed by atoms with E-state index in [1.807, 2.05) is 38.4 Å². The van der Waals surface area contributed by atoms with Gasteiger partial charge in [0.2, 0.25) is 0 Å². The van der Waals surface area contributed by atoms with Crippen LogP contribution in [0.25, 0.3) is 0 Å². The van der Waals surface area contributed by atoms with E-state index < -0.39 is 0 Å². The van der Waals surface area contributed by atoms with Crippen LogP contribution in [0.5, 0.6) is 11.5 Å². The zero-order chi connectivity index (χ0) is 15.4. The predicted octanol–water partition coefficient (Wildman–Crippen LogP) is 3.07. The number of nitrogens with zero attached hydrogens (tertiary/aromatic N) is 3. The minimum absolute atomic E-state index is 0.0196. The van der Waals surface area contributed by atoms with Crippen LogP contribution in [0.15, 0.2) is 40.6 Å². The molecular weight excluding hydrogens is 288 g/mol. The van der Waals surface area contributed by atoms with Gasteiger partial charge >= 0.3 is 0 Å². The monoisotopic (exact) mass is 306 g/mol. The van der Waals surface area contributed by atoms with Crippen molar-refractivity contribution in [2.24, 2.45) is 10.9 Å². The van der Waals surface area contributed by atoms with Crippen LogP contribution in [-0.4, -0.2) is 27.1 Å². The van der Waals surface area contributed by atoms with Crippen LogP contribution in [0.3, 0.4) is 0 Å². The number of hydrogen-bond donors (Lipinski definition) is 2. The number of amidine groups is 1. The number of aromatic nitrogens is 2. The number of benzene rings is 1. The Balaban J connectivity index is 2.39. The van der Waals surface area contributed by atoms with Gasteiger partial charge in [-0.25, -0.2) is 0 Å². The maximum Gasteiger partial charge on any atom is 0.175 e. The van der Waals surface area contributed by atoms with Gasteiger partial charge in [-0.1, -0.05) is 11.2 Å². The van der Waals surface area contributed by atoms with Crippen molar-refractivity contribution in [1.82, 2.24) is 9.78 Å². The Morgan fingerprint density at radius 1 is 1.48 bits per heavy atom. The van der Waals surface area contributed by atoms with Gasteiger partial charge in [-0.2, -0.15) is 5.10 Å². The molecule has 7 heteroatoms. The quantitative estimate of drug-likeness (QED) is 0.291. The summed E-state index contributed by atoms with van der Waals surface area (Å²) in [6, 6.07) is 5.79. The van der Waals surface area contributed by atoms with Gasteiger partial charge in [0.1, 0.15) is 5.75 Å². The first-order chi connectivity index (χ1) is 10.1. The molecule has 0 unspecified atom stereocenters. The molecule has 0 atom stereocenters. The highest BCUT2D eigenvalue weighted by Crippen LogP contribution is 2.32. The Morgan fingerprint density at radius 3 is 2.81 bits per heavy atom. The molecule has 1 aromatic heterocycles. The fraction of sp³-hybridized carbons (Fsp3) is 0.286. The van der Waals surface area contributed by atoms with Crippen LogP contribution in [0, 0.1) is 0 Å². The van der Waals surface area contributed by atoms with E-state index in [0.29, 0.717) is 17.1 Å². The summed E-state index contributed by atoms with van der Waals surface area (Å²) >= 11 is 1.50. The summed E-state index contributed by atoms with van der Waals surface area (Å²) in [5.41, 5.74) is 6.34. The third-order valence-electron chi connectivity index (χ3n) is 2.91. The molecule has 2 rings (SSSR count). The van der Waals surface area contributed by atoms with Crippen LogP contribution in [0.2, 0.25) is 0 Å². The molecule has 1 aromatic carbocycles. The molecule has 6 nitrogen and oxygen atoms in total. The second-order valence-electron chi connectivity index (χ2n) is 4.67. The van der Waals surface area contributed by atoms with Crippen molar-refractivity contribution in [3.05, 3.63) is 36.2 Å². The minimum atomic E-state index is 0.0196. The largest absolute Gasteiger partial charge is 0.453 e. The van der Waals surface area contributed by atoms with Gasteiger partial charge < -0.3 is 15.7 Å². The molecule has 0 aliphatic carbocycles. The van der Waals surface area contributed by atoms with E-state index >= 15 is 0 Å². The minimum Gasteiger partial charge on any atom is -0.453 e. The Kier molecular flexibility index (Phi) is 4.74. The molecule has 0 radical (unpaired) electrons. The molecule has 0 bridgehead atoms. The number of ether oxygens (including phenoxy) is 1. The average molecular weight is 306 g/mol. The summed E-state index contributed by atoms with van der Waals surface area (Å²) < 4.78 is 7.64. The van der Waals surface area contributed by atoms with Gasteiger partial charge in [0.25, 0.3) is 0 Å². The molecule has 0 saturated heterocycles. The normalized spacial score (nSPS) is 11.9. The van der Waals surface area contributed by atoms with Gasteiger partial charge in [-0.15, -0.1) is 11.8 Å². The zero-order valence-corrected chi connectivity index (χ0v) is 13.0. The number of rotatable bonds is 5. The van der Waals surface area contributed by atoms with Gasteiger partial charge in [-0.05, 0) is 32.2 Å². The van der Waals surface area contributed by atoms with E-state index in [1.165, 1.54) is 11.8 Å². The summed E-state index contributed by atoms with van der Waals surface area (Å²) in [6.45, 7) is 4.07. The van der Waals surface area contributed by atoms with Crippen molar-refractivity contribution in [1.29, 1.82) is 0 Å². The summed E-state index contributed by atoms with van der Waals surface area (Å²) in [4.78, 5) is 0.874. The molecule has 2 aromatic rings. The second kappa shape index (κ2) is 6.53. The van der Waals surface area contributed by atoms with Crippen molar-refractivity contribution in [3.8, 4) is 11.5 Å². The van der Waals surface area contributed by atoms with Crippen molar-refractivity contribution >= 4 is 17.6 Å². The predicted molar refractivity (Wildman–Crippen MR) is 83.4 cm³/mol. The van der Waals surface area contributed by atoms with Gasteiger partial charge in [-0.3, -0.25) is 4.68 Å². The van der Waals surface area contributed by atoms with Gasteiger partial charge in [0, 0.05) is 10.9 Å². The summed E-state index contributed by atoms with van der Waals surface area (Å²) in [5.74, 6) is 1.15. The Hall–Kier alpha value is -2.15. The first kappa shape index (κ1) is 15.2. The molecule has 0 aliphatic heterocycles. The van der Waals surface area contributed by atoms with Crippen molar-refractivity contribution in [3.63, 3.8) is 0 Å². The smallest absolute Gasteiger partial charge is 0.175 e. The highest BCUT2D eigenvalue weighted by molar-refractivity contribution is 7.98. The number of nitrogens with two attached hydrogens (primary N) is 1. The molecule has 0 fully saturated rings. The van der Waals surface area contributed by atoms with Crippen LogP contribution in [-0.2, 0) is 0 Å². The second-order valence-corrected chi connectivity index (χ2v) is 5.52. The molecule has 0 spiro atoms.